The summed E-state index contributed by atoms with van der Waals surface area (Å²) in [4.78, 5) is 0. The van der Waals surface area contributed by atoms with Crippen molar-refractivity contribution in [3.05, 3.63) is 41.5 Å². The number of allylic oxidation sites excluding steroid dienone is 1. The molecule has 0 aromatic heterocycles. The Morgan fingerprint density at radius 1 is 1.10 bits per heavy atom. The Morgan fingerprint density at radius 2 is 1.85 bits per heavy atom. The minimum Gasteiger partial charge on any atom is -0.460 e. The molecule has 1 aromatic rings. The minimum atomic E-state index is -0.234. The molecule has 1 aliphatic rings. The van der Waals surface area contributed by atoms with Gasteiger partial charge in [-0.15, -0.1) is 0 Å². The van der Waals surface area contributed by atoms with Gasteiger partial charge in [-0.05, 0) is 18.9 Å². The molecular weight excluding hydrogens is 248 g/mol. The highest BCUT2D eigenvalue weighted by molar-refractivity contribution is 5.66. The maximum absolute atomic E-state index is 5.87. The van der Waals surface area contributed by atoms with Crippen molar-refractivity contribution in [2.45, 2.75) is 58.2 Å². The molecule has 0 saturated carbocycles. The number of benzene rings is 1. The van der Waals surface area contributed by atoms with Crippen LogP contribution in [-0.2, 0) is 9.47 Å². The van der Waals surface area contributed by atoms with E-state index in [-0.39, 0.29) is 6.29 Å². The van der Waals surface area contributed by atoms with Crippen LogP contribution in [0.3, 0.4) is 0 Å². The Balaban J connectivity index is 1.83. The van der Waals surface area contributed by atoms with Crippen molar-refractivity contribution in [1.29, 1.82) is 0 Å². The van der Waals surface area contributed by atoms with Gasteiger partial charge < -0.3 is 9.47 Å². The van der Waals surface area contributed by atoms with Crippen LogP contribution in [0.25, 0.3) is 5.76 Å². The zero-order valence-electron chi connectivity index (χ0n) is 12.7. The molecule has 1 heterocycles. The Morgan fingerprint density at radius 3 is 2.65 bits per heavy atom. The summed E-state index contributed by atoms with van der Waals surface area (Å²) in [6, 6.07) is 8.28. The lowest BCUT2D eigenvalue weighted by molar-refractivity contribution is -0.0650. The molecule has 110 valence electrons. The summed E-state index contributed by atoms with van der Waals surface area (Å²) in [5.74, 6) is 0.987. The smallest absolute Gasteiger partial charge is 0.227 e. The molecule has 2 heteroatoms. The van der Waals surface area contributed by atoms with E-state index < -0.39 is 0 Å². The maximum atomic E-state index is 5.87. The second-order valence-electron chi connectivity index (χ2n) is 5.40. The minimum absolute atomic E-state index is 0.234. The maximum Gasteiger partial charge on any atom is 0.227 e. The number of hydrogen-bond donors (Lipinski definition) is 0. The molecule has 0 bridgehead atoms. The van der Waals surface area contributed by atoms with Crippen LogP contribution in [0, 0.1) is 0 Å². The first-order valence-corrected chi connectivity index (χ1v) is 7.85. The highest BCUT2D eigenvalue weighted by Gasteiger charge is 2.26. The van der Waals surface area contributed by atoms with Crippen LogP contribution in [-0.4, -0.2) is 7.11 Å². The van der Waals surface area contributed by atoms with Crippen LogP contribution in [0.5, 0.6) is 0 Å². The van der Waals surface area contributed by atoms with Gasteiger partial charge in [-0.2, -0.15) is 0 Å². The van der Waals surface area contributed by atoms with Gasteiger partial charge in [-0.25, -0.2) is 0 Å². The molecule has 0 radical (unpaired) electrons. The third kappa shape index (κ3) is 3.86. The van der Waals surface area contributed by atoms with E-state index in [9.17, 15) is 0 Å². The number of ether oxygens (including phenoxy) is 2. The fourth-order valence-corrected chi connectivity index (χ4v) is 2.66. The third-order valence-electron chi connectivity index (χ3n) is 3.82. The molecule has 2 nitrogen and oxygen atoms in total. The molecule has 0 aliphatic carbocycles. The summed E-state index contributed by atoms with van der Waals surface area (Å²) >= 11 is 0. The highest BCUT2D eigenvalue weighted by atomic mass is 16.7. The van der Waals surface area contributed by atoms with E-state index in [0.717, 1.165) is 17.7 Å². The summed E-state index contributed by atoms with van der Waals surface area (Å²) in [7, 11) is 1.69. The largest absolute Gasteiger partial charge is 0.460 e. The van der Waals surface area contributed by atoms with Crippen LogP contribution in [0.15, 0.2) is 30.3 Å². The van der Waals surface area contributed by atoms with Crippen molar-refractivity contribution in [2.24, 2.45) is 0 Å². The Labute approximate surface area is 122 Å². The average molecular weight is 274 g/mol. The predicted molar refractivity (Wildman–Crippen MR) is 83.2 cm³/mol. The first-order valence-electron chi connectivity index (χ1n) is 7.85. The molecular formula is C18H26O2. The van der Waals surface area contributed by atoms with Crippen LogP contribution < -0.4 is 0 Å². The highest BCUT2D eigenvalue weighted by Crippen LogP contribution is 2.38. The Kier molecular flexibility index (Phi) is 6.13. The van der Waals surface area contributed by atoms with Gasteiger partial charge in [0.1, 0.15) is 5.76 Å². The van der Waals surface area contributed by atoms with Gasteiger partial charge in [-0.3, -0.25) is 0 Å². The quantitative estimate of drug-likeness (QED) is 0.586. The molecule has 1 atom stereocenters. The average Bonchev–Trinajstić information content (AvgIpc) is 2.85. The van der Waals surface area contributed by atoms with E-state index in [1.54, 1.807) is 7.11 Å². The van der Waals surface area contributed by atoms with Crippen molar-refractivity contribution in [3.63, 3.8) is 0 Å². The van der Waals surface area contributed by atoms with Gasteiger partial charge in [0.25, 0.3) is 0 Å². The zero-order valence-corrected chi connectivity index (χ0v) is 12.7. The number of hydrogen-bond acceptors (Lipinski definition) is 2. The summed E-state index contributed by atoms with van der Waals surface area (Å²) in [6.45, 7) is 2.26. The second-order valence-corrected chi connectivity index (χ2v) is 5.40. The van der Waals surface area contributed by atoms with E-state index in [2.05, 4.69) is 31.2 Å². The number of methoxy groups -OCH3 is 1. The topological polar surface area (TPSA) is 18.5 Å². The molecule has 1 aromatic carbocycles. The van der Waals surface area contributed by atoms with Gasteiger partial charge in [0.2, 0.25) is 6.29 Å². The van der Waals surface area contributed by atoms with Gasteiger partial charge in [0.15, 0.2) is 0 Å². The molecule has 0 fully saturated rings. The third-order valence-corrected chi connectivity index (χ3v) is 3.82. The lowest BCUT2D eigenvalue weighted by atomic mass is 10.1. The standard InChI is InChI=1S/C18H26O2/c1-3-4-5-6-7-8-9-14-17-15-12-10-11-13-16(15)18(19-2)20-17/h10-14,18H,3-9H2,1-2H3/b17-14-. The molecule has 1 aliphatic heterocycles. The van der Waals surface area contributed by atoms with Crippen molar-refractivity contribution in [3.8, 4) is 0 Å². The molecule has 2 rings (SSSR count). The number of unbranched alkanes of at least 4 members (excludes halogenated alkanes) is 6. The van der Waals surface area contributed by atoms with Gasteiger partial charge in [0.05, 0.1) is 0 Å². The lowest BCUT2D eigenvalue weighted by Crippen LogP contribution is -1.96. The number of rotatable bonds is 8. The van der Waals surface area contributed by atoms with E-state index in [1.807, 2.05) is 6.07 Å². The van der Waals surface area contributed by atoms with Crippen molar-refractivity contribution in [1.82, 2.24) is 0 Å². The number of fused-ring (bicyclic) bond motifs is 1. The van der Waals surface area contributed by atoms with Crippen molar-refractivity contribution < 1.29 is 9.47 Å². The van der Waals surface area contributed by atoms with Crippen molar-refractivity contribution >= 4 is 5.76 Å². The summed E-state index contributed by atoms with van der Waals surface area (Å²) < 4.78 is 11.2. The second kappa shape index (κ2) is 8.11. The molecule has 0 amide bonds. The normalized spacial score (nSPS) is 19.1. The predicted octanol–water partition coefficient (Wildman–Crippen LogP) is 5.45. The van der Waals surface area contributed by atoms with Crippen LogP contribution >= 0.6 is 0 Å². The van der Waals surface area contributed by atoms with Gasteiger partial charge in [-0.1, -0.05) is 63.3 Å². The Hall–Kier alpha value is -1.28. The molecule has 0 spiro atoms. The van der Waals surface area contributed by atoms with Crippen LogP contribution in [0.1, 0.15) is 69.3 Å². The van der Waals surface area contributed by atoms with E-state index in [4.69, 9.17) is 9.47 Å². The fourth-order valence-electron chi connectivity index (χ4n) is 2.66. The van der Waals surface area contributed by atoms with Crippen LogP contribution in [0.4, 0.5) is 0 Å². The SMILES string of the molecule is CCCCCCCC/C=C1\OC(OC)c2ccccc21. The van der Waals surface area contributed by atoms with Gasteiger partial charge >= 0.3 is 0 Å². The molecule has 20 heavy (non-hydrogen) atoms. The van der Waals surface area contributed by atoms with Crippen molar-refractivity contribution in [2.75, 3.05) is 7.11 Å². The summed E-state index contributed by atoms with van der Waals surface area (Å²) in [5, 5.41) is 0. The molecule has 0 N–H and O–H groups in total. The zero-order chi connectivity index (χ0) is 14.2. The Bertz CT molecular complexity index is 437. The summed E-state index contributed by atoms with van der Waals surface area (Å²) in [6.07, 6.45) is 11.1. The monoisotopic (exact) mass is 274 g/mol. The molecule has 1 unspecified atom stereocenters. The lowest BCUT2D eigenvalue weighted by Gasteiger charge is -2.08. The summed E-state index contributed by atoms with van der Waals surface area (Å²) in [5.41, 5.74) is 2.33. The van der Waals surface area contributed by atoms with E-state index in [1.165, 1.54) is 44.1 Å². The van der Waals surface area contributed by atoms with E-state index >= 15 is 0 Å². The van der Waals surface area contributed by atoms with Crippen LogP contribution in [0.2, 0.25) is 0 Å². The fraction of sp³-hybridized carbons (Fsp3) is 0.556. The first kappa shape index (κ1) is 15.1. The molecule has 0 saturated heterocycles. The van der Waals surface area contributed by atoms with E-state index in [0.29, 0.717) is 0 Å². The van der Waals surface area contributed by atoms with Gasteiger partial charge in [0, 0.05) is 18.2 Å². The first-order chi connectivity index (χ1) is 9.86.